The summed E-state index contributed by atoms with van der Waals surface area (Å²) < 4.78 is 27.0. The van der Waals surface area contributed by atoms with Crippen LogP contribution < -0.4 is 11.0 Å². The van der Waals surface area contributed by atoms with Gasteiger partial charge < -0.3 is 10.5 Å². The van der Waals surface area contributed by atoms with E-state index in [4.69, 9.17) is 0 Å². The summed E-state index contributed by atoms with van der Waals surface area (Å²) in [7, 11) is 0. The molecule has 1 heterocycles. The summed E-state index contributed by atoms with van der Waals surface area (Å²) >= 11 is 0. The fraction of sp³-hybridized carbons (Fsp3) is 0.286. The summed E-state index contributed by atoms with van der Waals surface area (Å²) in [6, 6.07) is 3.84. The molecule has 5 nitrogen and oxygen atoms in total. The second-order valence-electron chi connectivity index (χ2n) is 4.52. The number of nitrogens with one attached hydrogen (secondary N) is 1. The van der Waals surface area contributed by atoms with E-state index in [1.54, 1.807) is 0 Å². The SMILES string of the molecule is Cc1c(C(=O)O)c2cccc(F)c2c(=O)n1NCCCF. The normalized spacial score (nSPS) is 10.8. The van der Waals surface area contributed by atoms with E-state index in [1.807, 2.05) is 0 Å². The molecule has 0 aliphatic carbocycles. The predicted molar refractivity (Wildman–Crippen MR) is 74.7 cm³/mol. The molecule has 2 N–H and O–H groups in total. The van der Waals surface area contributed by atoms with Crippen LogP contribution >= 0.6 is 0 Å². The molecule has 21 heavy (non-hydrogen) atoms. The Bertz CT molecular complexity index is 756. The molecule has 0 amide bonds. The standard InChI is InChI=1S/C14H14F2N2O3/c1-8-11(14(20)21)9-4-2-5-10(16)12(9)13(19)18(8)17-7-3-6-15/h2,4-5,17H,3,6-7H2,1H3,(H,20,21). The molecular weight excluding hydrogens is 282 g/mol. The van der Waals surface area contributed by atoms with E-state index in [2.05, 4.69) is 5.43 Å². The predicted octanol–water partition coefficient (Wildman–Crippen LogP) is 2.05. The van der Waals surface area contributed by atoms with E-state index in [9.17, 15) is 23.5 Å². The van der Waals surface area contributed by atoms with Crippen molar-refractivity contribution in [3.63, 3.8) is 0 Å². The molecule has 0 atom stereocenters. The van der Waals surface area contributed by atoms with Gasteiger partial charge in [-0.05, 0) is 19.4 Å². The highest BCUT2D eigenvalue weighted by molar-refractivity contribution is 6.04. The van der Waals surface area contributed by atoms with Gasteiger partial charge in [0.15, 0.2) is 0 Å². The second-order valence-corrected chi connectivity index (χ2v) is 4.52. The summed E-state index contributed by atoms with van der Waals surface area (Å²) in [6.45, 7) is 1.00. The lowest BCUT2D eigenvalue weighted by Gasteiger charge is -2.16. The summed E-state index contributed by atoms with van der Waals surface area (Å²) in [5.74, 6) is -2.05. The number of hydrogen-bond donors (Lipinski definition) is 2. The third-order valence-electron chi connectivity index (χ3n) is 3.19. The Balaban J connectivity index is 2.78. The van der Waals surface area contributed by atoms with Gasteiger partial charge in [0.1, 0.15) is 5.82 Å². The van der Waals surface area contributed by atoms with E-state index in [0.717, 1.165) is 10.7 Å². The van der Waals surface area contributed by atoms with Crippen LogP contribution in [0, 0.1) is 12.7 Å². The number of halogens is 2. The zero-order valence-electron chi connectivity index (χ0n) is 11.3. The van der Waals surface area contributed by atoms with Crippen LogP contribution in [0.25, 0.3) is 10.8 Å². The zero-order chi connectivity index (χ0) is 15.6. The molecule has 0 aliphatic rings. The number of fused-ring (bicyclic) bond motifs is 1. The molecule has 7 heteroatoms. The summed E-state index contributed by atoms with van der Waals surface area (Å²) in [6.07, 6.45) is 0.156. The van der Waals surface area contributed by atoms with Crippen molar-refractivity contribution in [3.05, 3.63) is 45.6 Å². The van der Waals surface area contributed by atoms with Gasteiger partial charge in [-0.3, -0.25) is 9.18 Å². The van der Waals surface area contributed by atoms with Crippen LogP contribution in [-0.4, -0.2) is 29.0 Å². The Hall–Kier alpha value is -2.44. The van der Waals surface area contributed by atoms with Crippen molar-refractivity contribution >= 4 is 16.7 Å². The first-order valence-electron chi connectivity index (χ1n) is 6.36. The molecular formula is C14H14F2N2O3. The topological polar surface area (TPSA) is 71.3 Å². The maximum Gasteiger partial charge on any atom is 0.338 e. The maximum absolute atomic E-state index is 13.9. The number of aromatic nitrogens is 1. The Kier molecular flexibility index (Phi) is 4.21. The molecule has 0 saturated carbocycles. The molecule has 0 spiro atoms. The number of carbonyl (C=O) groups is 1. The van der Waals surface area contributed by atoms with E-state index in [0.29, 0.717) is 0 Å². The third-order valence-corrected chi connectivity index (χ3v) is 3.19. The van der Waals surface area contributed by atoms with Crippen LogP contribution in [0.3, 0.4) is 0 Å². The summed E-state index contributed by atoms with van der Waals surface area (Å²) in [5, 5.41) is 9.07. The van der Waals surface area contributed by atoms with Gasteiger partial charge in [-0.2, -0.15) is 0 Å². The lowest BCUT2D eigenvalue weighted by atomic mass is 10.0. The van der Waals surface area contributed by atoms with Gasteiger partial charge in [0.05, 0.1) is 23.3 Å². The van der Waals surface area contributed by atoms with Gasteiger partial charge in [0, 0.05) is 11.9 Å². The minimum Gasteiger partial charge on any atom is -0.478 e. The van der Waals surface area contributed by atoms with E-state index >= 15 is 0 Å². The molecule has 0 saturated heterocycles. The van der Waals surface area contributed by atoms with Crippen molar-refractivity contribution in [2.75, 3.05) is 18.6 Å². The van der Waals surface area contributed by atoms with Crippen molar-refractivity contribution < 1.29 is 18.7 Å². The largest absolute Gasteiger partial charge is 0.478 e. The van der Waals surface area contributed by atoms with Crippen LogP contribution in [-0.2, 0) is 0 Å². The number of pyridine rings is 1. The van der Waals surface area contributed by atoms with E-state index < -0.39 is 24.0 Å². The first-order chi connectivity index (χ1) is 9.99. The van der Waals surface area contributed by atoms with Crippen molar-refractivity contribution in [2.24, 2.45) is 0 Å². The van der Waals surface area contributed by atoms with Gasteiger partial charge in [0.2, 0.25) is 0 Å². The van der Waals surface area contributed by atoms with Gasteiger partial charge >= 0.3 is 5.97 Å². The molecule has 1 aromatic heterocycles. The average molecular weight is 296 g/mol. The van der Waals surface area contributed by atoms with Gasteiger partial charge in [-0.15, -0.1) is 0 Å². The van der Waals surface area contributed by atoms with Crippen molar-refractivity contribution in [3.8, 4) is 0 Å². The Labute approximate surface area is 118 Å². The van der Waals surface area contributed by atoms with Crippen molar-refractivity contribution in [1.29, 1.82) is 0 Å². The van der Waals surface area contributed by atoms with E-state index in [1.165, 1.54) is 19.1 Å². The Morgan fingerprint density at radius 2 is 2.14 bits per heavy atom. The van der Waals surface area contributed by atoms with Gasteiger partial charge in [-0.25, -0.2) is 13.9 Å². The van der Waals surface area contributed by atoms with Crippen LogP contribution in [0.1, 0.15) is 22.5 Å². The monoisotopic (exact) mass is 296 g/mol. The minimum atomic E-state index is -1.26. The highest BCUT2D eigenvalue weighted by atomic mass is 19.1. The Morgan fingerprint density at radius 3 is 2.76 bits per heavy atom. The van der Waals surface area contributed by atoms with Crippen LogP contribution in [0.15, 0.2) is 23.0 Å². The molecule has 1 aromatic carbocycles. The molecule has 2 rings (SSSR count). The number of rotatable bonds is 5. The van der Waals surface area contributed by atoms with Gasteiger partial charge in [-0.1, -0.05) is 12.1 Å². The number of alkyl halides is 1. The second kappa shape index (κ2) is 5.90. The van der Waals surface area contributed by atoms with Gasteiger partial charge in [0.25, 0.3) is 5.56 Å². The van der Waals surface area contributed by atoms with Crippen molar-refractivity contribution in [1.82, 2.24) is 4.68 Å². The molecule has 0 radical (unpaired) electrons. The minimum absolute atomic E-state index is 0.0496. The third kappa shape index (κ3) is 2.58. The maximum atomic E-state index is 13.9. The van der Waals surface area contributed by atoms with Crippen LogP contribution in [0.5, 0.6) is 0 Å². The quantitative estimate of drug-likeness (QED) is 0.828. The molecule has 0 fully saturated rings. The first-order valence-corrected chi connectivity index (χ1v) is 6.36. The summed E-state index contributed by atoms with van der Waals surface area (Å²) in [4.78, 5) is 23.7. The number of carboxylic acid groups (broad SMARTS) is 1. The average Bonchev–Trinajstić information content (AvgIpc) is 2.42. The fourth-order valence-electron chi connectivity index (χ4n) is 2.24. The molecule has 0 bridgehead atoms. The van der Waals surface area contributed by atoms with Crippen LogP contribution in [0.4, 0.5) is 8.78 Å². The number of benzene rings is 1. The number of aromatic carboxylic acids is 1. The molecule has 0 unspecified atom stereocenters. The highest BCUT2D eigenvalue weighted by Crippen LogP contribution is 2.21. The number of hydrogen-bond acceptors (Lipinski definition) is 3. The summed E-state index contributed by atoms with van der Waals surface area (Å²) in [5.41, 5.74) is 1.93. The van der Waals surface area contributed by atoms with Crippen molar-refractivity contribution in [2.45, 2.75) is 13.3 Å². The van der Waals surface area contributed by atoms with E-state index in [-0.39, 0.29) is 35.0 Å². The van der Waals surface area contributed by atoms with Crippen LogP contribution in [0.2, 0.25) is 0 Å². The number of carboxylic acids is 1. The highest BCUT2D eigenvalue weighted by Gasteiger charge is 2.20. The first kappa shape index (κ1) is 15.0. The lowest BCUT2D eigenvalue weighted by Crippen LogP contribution is -2.34. The fourth-order valence-corrected chi connectivity index (χ4v) is 2.24. The lowest BCUT2D eigenvalue weighted by molar-refractivity contribution is 0.0697. The smallest absolute Gasteiger partial charge is 0.338 e. The number of nitrogens with zero attached hydrogens (tertiary/aromatic N) is 1. The molecule has 2 aromatic rings. The molecule has 0 aliphatic heterocycles. The Morgan fingerprint density at radius 1 is 1.43 bits per heavy atom. The molecule has 112 valence electrons. The zero-order valence-corrected chi connectivity index (χ0v) is 11.3.